The summed E-state index contributed by atoms with van der Waals surface area (Å²) < 4.78 is 33.4. The van der Waals surface area contributed by atoms with Crippen LogP contribution in [0.5, 0.6) is 0 Å². The Kier molecular flexibility index (Phi) is 5.59. The Morgan fingerprint density at radius 1 is 1.00 bits per heavy atom. The molecule has 4 heteroatoms. The van der Waals surface area contributed by atoms with Gasteiger partial charge in [0.15, 0.2) is 0 Å². The van der Waals surface area contributed by atoms with Crippen LogP contribution in [0.1, 0.15) is 50.7 Å². The minimum absolute atomic E-state index is 0.0582. The average Bonchev–Trinajstić information content (AvgIpc) is 2.48. The lowest BCUT2D eigenvalue weighted by Crippen LogP contribution is -2.03. The minimum atomic E-state index is -4.22. The predicted molar refractivity (Wildman–Crippen MR) is 91.0 cm³/mol. The van der Waals surface area contributed by atoms with E-state index in [9.17, 15) is 13.0 Å². The Hall–Kier alpha value is -1.39. The molecule has 0 aliphatic rings. The summed E-state index contributed by atoms with van der Waals surface area (Å²) in [5.41, 5.74) is 1.96. The highest BCUT2D eigenvalue weighted by Crippen LogP contribution is 2.30. The lowest BCUT2D eigenvalue weighted by atomic mass is 9.97. The van der Waals surface area contributed by atoms with Crippen LogP contribution in [0.2, 0.25) is 0 Å². The van der Waals surface area contributed by atoms with E-state index in [1.165, 1.54) is 0 Å². The van der Waals surface area contributed by atoms with Gasteiger partial charge in [0, 0.05) is 5.39 Å². The smallest absolute Gasteiger partial charge is 0.282 e. The first kappa shape index (κ1) is 17.0. The molecule has 0 saturated heterocycles. The van der Waals surface area contributed by atoms with Gasteiger partial charge in [-0.1, -0.05) is 51.0 Å². The van der Waals surface area contributed by atoms with Crippen molar-refractivity contribution in [3.8, 4) is 0 Å². The van der Waals surface area contributed by atoms with Crippen LogP contribution >= 0.6 is 0 Å². The Morgan fingerprint density at radius 2 is 1.68 bits per heavy atom. The molecule has 0 saturated carbocycles. The summed E-state index contributed by atoms with van der Waals surface area (Å²) in [5.74, 6) is 0. The molecule has 0 bridgehead atoms. The molecule has 120 valence electrons. The van der Waals surface area contributed by atoms with E-state index < -0.39 is 10.1 Å². The molecule has 2 rings (SSSR count). The Bertz CT molecular complexity index is 748. The van der Waals surface area contributed by atoms with E-state index in [0.717, 1.165) is 55.0 Å². The van der Waals surface area contributed by atoms with Crippen LogP contribution in [0.25, 0.3) is 10.8 Å². The van der Waals surface area contributed by atoms with Crippen LogP contribution in [-0.2, 0) is 23.0 Å². The van der Waals surface area contributed by atoms with E-state index >= 15 is 0 Å². The maximum absolute atomic E-state index is 11.9. The quantitative estimate of drug-likeness (QED) is 0.747. The Labute approximate surface area is 133 Å². The van der Waals surface area contributed by atoms with Gasteiger partial charge in [-0.3, -0.25) is 4.55 Å². The molecule has 0 amide bonds. The number of hydrogen-bond acceptors (Lipinski definition) is 2. The van der Waals surface area contributed by atoms with E-state index in [2.05, 4.69) is 19.9 Å². The SMILES string of the molecule is CCCCc1cc(S(=O)(=O)O)c2c(CCCC)cccc2c1. The van der Waals surface area contributed by atoms with E-state index in [-0.39, 0.29) is 4.90 Å². The Balaban J connectivity index is 2.66. The highest BCUT2D eigenvalue weighted by Gasteiger charge is 2.18. The van der Waals surface area contributed by atoms with Gasteiger partial charge in [0.2, 0.25) is 0 Å². The van der Waals surface area contributed by atoms with Crippen molar-refractivity contribution >= 4 is 20.9 Å². The van der Waals surface area contributed by atoms with Gasteiger partial charge in [-0.15, -0.1) is 0 Å². The molecule has 3 nitrogen and oxygen atoms in total. The maximum atomic E-state index is 11.9. The van der Waals surface area contributed by atoms with Gasteiger partial charge >= 0.3 is 0 Å². The van der Waals surface area contributed by atoms with Crippen molar-refractivity contribution in [1.82, 2.24) is 0 Å². The highest BCUT2D eigenvalue weighted by molar-refractivity contribution is 7.86. The molecule has 2 aromatic rings. The molecular formula is C18H24O3S. The standard InChI is InChI=1S/C18H24O3S/c1-3-5-8-14-12-16-11-7-10-15(9-6-4-2)18(16)17(13-14)22(19,20)21/h7,10-13H,3-6,8-9H2,1-2H3,(H,19,20,21). The number of fused-ring (bicyclic) bond motifs is 1. The third kappa shape index (κ3) is 3.87. The zero-order valence-electron chi connectivity index (χ0n) is 13.3. The number of hydrogen-bond donors (Lipinski definition) is 1. The first-order valence-electron chi connectivity index (χ1n) is 7.99. The number of rotatable bonds is 7. The largest absolute Gasteiger partial charge is 0.295 e. The van der Waals surface area contributed by atoms with Crippen molar-refractivity contribution in [2.45, 2.75) is 57.3 Å². The second-order valence-corrected chi connectivity index (χ2v) is 7.18. The number of aryl methyl sites for hydroxylation is 2. The van der Waals surface area contributed by atoms with Gasteiger partial charge in [0.1, 0.15) is 4.90 Å². The molecular weight excluding hydrogens is 296 g/mol. The third-order valence-corrected chi connectivity index (χ3v) is 4.86. The molecule has 0 heterocycles. The fourth-order valence-electron chi connectivity index (χ4n) is 2.83. The summed E-state index contributed by atoms with van der Waals surface area (Å²) in [4.78, 5) is 0.0582. The van der Waals surface area contributed by atoms with E-state index in [1.807, 2.05) is 18.2 Å². The van der Waals surface area contributed by atoms with Crippen LogP contribution in [0.4, 0.5) is 0 Å². The topological polar surface area (TPSA) is 54.4 Å². The monoisotopic (exact) mass is 320 g/mol. The van der Waals surface area contributed by atoms with Crippen molar-refractivity contribution in [1.29, 1.82) is 0 Å². The fourth-order valence-corrected chi connectivity index (χ4v) is 3.63. The average molecular weight is 320 g/mol. The maximum Gasteiger partial charge on any atom is 0.295 e. The molecule has 0 atom stereocenters. The molecule has 2 aromatic carbocycles. The van der Waals surface area contributed by atoms with Gasteiger partial charge in [-0.25, -0.2) is 0 Å². The summed E-state index contributed by atoms with van der Waals surface area (Å²) in [6.45, 7) is 4.21. The van der Waals surface area contributed by atoms with Gasteiger partial charge in [-0.2, -0.15) is 8.42 Å². The van der Waals surface area contributed by atoms with E-state index in [0.29, 0.717) is 5.39 Å². The van der Waals surface area contributed by atoms with Gasteiger partial charge in [0.25, 0.3) is 10.1 Å². The Morgan fingerprint density at radius 3 is 2.32 bits per heavy atom. The molecule has 0 aliphatic carbocycles. The minimum Gasteiger partial charge on any atom is -0.282 e. The first-order chi connectivity index (χ1) is 10.5. The molecule has 0 aliphatic heterocycles. The fraction of sp³-hybridized carbons (Fsp3) is 0.444. The van der Waals surface area contributed by atoms with Crippen LogP contribution in [0.15, 0.2) is 35.2 Å². The van der Waals surface area contributed by atoms with Crippen molar-refractivity contribution in [3.05, 3.63) is 41.5 Å². The lowest BCUT2D eigenvalue weighted by Gasteiger charge is -2.12. The summed E-state index contributed by atoms with van der Waals surface area (Å²) in [6.07, 6.45) is 5.76. The first-order valence-corrected chi connectivity index (χ1v) is 9.43. The summed E-state index contributed by atoms with van der Waals surface area (Å²) in [5, 5.41) is 1.58. The second-order valence-electron chi connectivity index (χ2n) is 5.79. The number of unbranched alkanes of at least 4 members (excludes halogenated alkanes) is 2. The molecule has 0 unspecified atom stereocenters. The van der Waals surface area contributed by atoms with Crippen LogP contribution in [-0.4, -0.2) is 13.0 Å². The second kappa shape index (κ2) is 7.25. The summed E-state index contributed by atoms with van der Waals surface area (Å²) >= 11 is 0. The van der Waals surface area contributed by atoms with Crippen molar-refractivity contribution in [3.63, 3.8) is 0 Å². The van der Waals surface area contributed by atoms with Crippen molar-refractivity contribution < 1.29 is 13.0 Å². The molecule has 0 fully saturated rings. The van der Waals surface area contributed by atoms with Crippen LogP contribution in [0, 0.1) is 0 Å². The van der Waals surface area contributed by atoms with E-state index in [1.54, 1.807) is 6.07 Å². The molecule has 22 heavy (non-hydrogen) atoms. The van der Waals surface area contributed by atoms with Crippen molar-refractivity contribution in [2.24, 2.45) is 0 Å². The molecule has 1 N–H and O–H groups in total. The normalized spacial score (nSPS) is 12.0. The molecule has 0 radical (unpaired) electrons. The van der Waals surface area contributed by atoms with Gasteiger partial charge in [0.05, 0.1) is 0 Å². The van der Waals surface area contributed by atoms with Crippen LogP contribution < -0.4 is 0 Å². The summed E-state index contributed by atoms with van der Waals surface area (Å²) in [6, 6.07) is 9.54. The zero-order valence-corrected chi connectivity index (χ0v) is 14.1. The molecule has 0 spiro atoms. The lowest BCUT2D eigenvalue weighted by molar-refractivity contribution is 0.484. The van der Waals surface area contributed by atoms with Crippen molar-refractivity contribution in [2.75, 3.05) is 0 Å². The van der Waals surface area contributed by atoms with Crippen LogP contribution in [0.3, 0.4) is 0 Å². The zero-order chi connectivity index (χ0) is 16.2. The molecule has 0 aromatic heterocycles. The van der Waals surface area contributed by atoms with Gasteiger partial charge < -0.3 is 0 Å². The third-order valence-electron chi connectivity index (χ3n) is 3.98. The van der Waals surface area contributed by atoms with Gasteiger partial charge in [-0.05, 0) is 48.3 Å². The highest BCUT2D eigenvalue weighted by atomic mass is 32.2. The number of benzene rings is 2. The predicted octanol–water partition coefficient (Wildman–Crippen LogP) is 4.77. The summed E-state index contributed by atoms with van der Waals surface area (Å²) in [7, 11) is -4.22. The van der Waals surface area contributed by atoms with E-state index in [4.69, 9.17) is 0 Å².